The number of esters is 1. The average molecular weight is 432 g/mol. The van der Waals surface area contributed by atoms with Crippen LogP contribution in [-0.2, 0) is 25.9 Å². The highest BCUT2D eigenvalue weighted by Gasteiger charge is 2.46. The van der Waals surface area contributed by atoms with Crippen LogP contribution in [0, 0.1) is 0 Å². The molecule has 0 aromatic heterocycles. The fourth-order valence-electron chi connectivity index (χ4n) is 3.80. The second-order valence-corrected chi connectivity index (χ2v) is 9.92. The molecule has 0 fully saturated rings. The van der Waals surface area contributed by atoms with Gasteiger partial charge < -0.3 is 14.8 Å². The Bertz CT molecular complexity index is 835. The second kappa shape index (κ2) is 9.01. The summed E-state index contributed by atoms with van der Waals surface area (Å²) in [6.07, 6.45) is 1.60. The molecule has 0 aliphatic carbocycles. The normalized spacial score (nSPS) is 18.8. The first-order chi connectivity index (χ1) is 14.2. The van der Waals surface area contributed by atoms with Crippen LogP contribution < -0.4 is 5.32 Å². The van der Waals surface area contributed by atoms with Gasteiger partial charge in [-0.3, -0.25) is 0 Å². The first-order valence-corrected chi connectivity index (χ1v) is 10.6. The average Bonchev–Trinajstić information content (AvgIpc) is 2.80. The van der Waals surface area contributed by atoms with Crippen LogP contribution in [0.4, 0.5) is 4.79 Å². The molecule has 1 aromatic carbocycles. The van der Waals surface area contributed by atoms with Gasteiger partial charge in [0.2, 0.25) is 0 Å². The summed E-state index contributed by atoms with van der Waals surface area (Å²) in [5, 5.41) is 16.4. The molecular weight excluding hydrogens is 396 g/mol. The van der Waals surface area contributed by atoms with E-state index in [2.05, 4.69) is 5.32 Å². The predicted octanol–water partition coefficient (Wildman–Crippen LogP) is 4.29. The summed E-state index contributed by atoms with van der Waals surface area (Å²) in [5.74, 6) is -0.513. The van der Waals surface area contributed by atoms with E-state index >= 15 is 0 Å². The van der Waals surface area contributed by atoms with Crippen LogP contribution in [-0.4, -0.2) is 46.5 Å². The lowest BCUT2D eigenvalue weighted by Crippen LogP contribution is -2.46. The molecule has 0 saturated carbocycles. The number of carbonyl (C=O) groups is 2. The first-order valence-electron chi connectivity index (χ1n) is 10.6. The molecule has 2 rings (SSSR count). The molecule has 1 radical (unpaired) electrons. The molecule has 0 saturated heterocycles. The summed E-state index contributed by atoms with van der Waals surface area (Å²) in [4.78, 5) is 24.6. The first kappa shape index (κ1) is 24.9. The molecule has 0 spiro atoms. The number of hydrogen-bond acceptors (Lipinski definition) is 5. The van der Waals surface area contributed by atoms with Gasteiger partial charge in [0.15, 0.2) is 0 Å². The summed E-state index contributed by atoms with van der Waals surface area (Å²) in [6.45, 7) is 14.8. The standard InChI is InChI=1S/C24H35N2O5/c1-9-30-20(27)19(25-21(28)31-22(2,3)4)14-16-10-12-17(13-11-16)18-15-23(5,6)26(29)24(18,7)8/h10-13,15,19H,9,14H2,1-8H3,(H,25,28)/t19-/m0/s1. The number of alkyl carbamates (subject to hydrolysis) is 1. The quantitative estimate of drug-likeness (QED) is 0.679. The molecule has 0 unspecified atom stereocenters. The van der Waals surface area contributed by atoms with Crippen LogP contribution in [0.2, 0.25) is 0 Å². The zero-order chi connectivity index (χ0) is 23.6. The maximum atomic E-state index is 12.6. The lowest BCUT2D eigenvalue weighted by Gasteiger charge is -2.34. The van der Waals surface area contributed by atoms with Crippen molar-refractivity contribution in [2.75, 3.05) is 6.61 Å². The molecule has 1 aromatic rings. The smallest absolute Gasteiger partial charge is 0.408 e. The molecule has 1 aliphatic heterocycles. The Morgan fingerprint density at radius 3 is 2.13 bits per heavy atom. The molecule has 31 heavy (non-hydrogen) atoms. The van der Waals surface area contributed by atoms with Crippen molar-refractivity contribution in [3.05, 3.63) is 41.5 Å². The third kappa shape index (κ3) is 6.08. The Labute approximate surface area is 185 Å². The third-order valence-corrected chi connectivity index (χ3v) is 5.15. The predicted molar refractivity (Wildman–Crippen MR) is 119 cm³/mol. The van der Waals surface area contributed by atoms with Crippen LogP contribution in [0.5, 0.6) is 0 Å². The zero-order valence-electron chi connectivity index (χ0n) is 19.9. The summed E-state index contributed by atoms with van der Waals surface area (Å²) >= 11 is 0. The number of nitrogens with zero attached hydrogens (tertiary/aromatic N) is 1. The fourth-order valence-corrected chi connectivity index (χ4v) is 3.80. The molecule has 171 valence electrons. The van der Waals surface area contributed by atoms with Gasteiger partial charge in [-0.1, -0.05) is 30.3 Å². The van der Waals surface area contributed by atoms with E-state index in [0.29, 0.717) is 0 Å². The van der Waals surface area contributed by atoms with Gasteiger partial charge in [-0.25, -0.2) is 9.59 Å². The zero-order valence-corrected chi connectivity index (χ0v) is 19.9. The van der Waals surface area contributed by atoms with Crippen LogP contribution >= 0.6 is 0 Å². The number of benzene rings is 1. The Morgan fingerprint density at radius 1 is 1.10 bits per heavy atom. The van der Waals surface area contributed by atoms with Crippen LogP contribution in [0.15, 0.2) is 30.3 Å². The van der Waals surface area contributed by atoms with Crippen molar-refractivity contribution < 1.29 is 24.3 Å². The highest BCUT2D eigenvalue weighted by Crippen LogP contribution is 2.43. The minimum atomic E-state index is -0.862. The van der Waals surface area contributed by atoms with Gasteiger partial charge in [0.05, 0.1) is 17.7 Å². The number of rotatable bonds is 6. The van der Waals surface area contributed by atoms with E-state index in [0.717, 1.165) is 21.8 Å². The number of hydrogen-bond donors (Lipinski definition) is 1. The lowest BCUT2D eigenvalue weighted by atomic mass is 9.89. The van der Waals surface area contributed by atoms with Crippen LogP contribution in [0.25, 0.3) is 5.57 Å². The molecule has 1 atom stereocenters. The van der Waals surface area contributed by atoms with E-state index < -0.39 is 34.8 Å². The van der Waals surface area contributed by atoms with Gasteiger partial charge in [-0.05, 0) is 72.1 Å². The van der Waals surface area contributed by atoms with Gasteiger partial charge in [0.25, 0.3) is 0 Å². The number of amides is 1. The molecule has 7 heteroatoms. The van der Waals surface area contributed by atoms with Gasteiger partial charge >= 0.3 is 12.1 Å². The van der Waals surface area contributed by atoms with Crippen molar-refractivity contribution in [1.29, 1.82) is 0 Å². The highest BCUT2D eigenvalue weighted by atomic mass is 16.6. The Hall–Kier alpha value is -2.38. The summed E-state index contributed by atoms with van der Waals surface area (Å²) in [5.41, 5.74) is 0.879. The van der Waals surface area contributed by atoms with Gasteiger partial charge in [-0.15, -0.1) is 10.3 Å². The SMILES string of the molecule is CCOC(=O)[C@H](Cc1ccc(C2=CC(C)(C)N([O])C2(C)C)cc1)NC(=O)OC(C)(C)C. The van der Waals surface area contributed by atoms with E-state index in [1.807, 2.05) is 58.0 Å². The summed E-state index contributed by atoms with van der Waals surface area (Å²) in [6, 6.07) is 6.81. The Morgan fingerprint density at radius 2 is 1.68 bits per heavy atom. The van der Waals surface area contributed by atoms with Crippen molar-refractivity contribution in [3.8, 4) is 0 Å². The van der Waals surface area contributed by atoms with Crippen molar-refractivity contribution >= 4 is 17.6 Å². The second-order valence-electron chi connectivity index (χ2n) is 9.92. The minimum absolute atomic E-state index is 0.217. The van der Waals surface area contributed by atoms with Crippen LogP contribution in [0.3, 0.4) is 0 Å². The van der Waals surface area contributed by atoms with Gasteiger partial charge in [0, 0.05) is 6.42 Å². The Kier molecular flexibility index (Phi) is 7.23. The monoisotopic (exact) mass is 431 g/mol. The van der Waals surface area contributed by atoms with Crippen LogP contribution in [0.1, 0.15) is 66.5 Å². The topological polar surface area (TPSA) is 87.8 Å². The molecular formula is C24H35N2O5. The molecule has 1 N–H and O–H groups in total. The highest BCUT2D eigenvalue weighted by molar-refractivity contribution is 5.82. The van der Waals surface area contributed by atoms with Crippen molar-refractivity contribution in [1.82, 2.24) is 10.4 Å². The largest absolute Gasteiger partial charge is 0.464 e. The van der Waals surface area contributed by atoms with E-state index in [-0.39, 0.29) is 13.0 Å². The number of hydroxylamine groups is 2. The van der Waals surface area contributed by atoms with Crippen molar-refractivity contribution in [2.45, 2.75) is 84.5 Å². The summed E-state index contributed by atoms with van der Waals surface area (Å²) < 4.78 is 10.4. The fraction of sp³-hybridized carbons (Fsp3) is 0.583. The van der Waals surface area contributed by atoms with E-state index in [4.69, 9.17) is 9.47 Å². The molecule has 1 amide bonds. The van der Waals surface area contributed by atoms with Gasteiger partial charge in [0.1, 0.15) is 11.6 Å². The number of carbonyl (C=O) groups excluding carboxylic acids is 2. The van der Waals surface area contributed by atoms with Crippen molar-refractivity contribution in [3.63, 3.8) is 0 Å². The molecule has 0 bridgehead atoms. The molecule has 1 aliphatic rings. The maximum absolute atomic E-state index is 12.6. The van der Waals surface area contributed by atoms with E-state index in [1.165, 1.54) is 0 Å². The number of ether oxygens (including phenoxy) is 2. The summed E-state index contributed by atoms with van der Waals surface area (Å²) in [7, 11) is 0. The third-order valence-electron chi connectivity index (χ3n) is 5.15. The molecule has 1 heterocycles. The minimum Gasteiger partial charge on any atom is -0.464 e. The van der Waals surface area contributed by atoms with E-state index in [1.54, 1.807) is 27.7 Å². The van der Waals surface area contributed by atoms with E-state index in [9.17, 15) is 14.8 Å². The Balaban J connectivity index is 2.19. The maximum Gasteiger partial charge on any atom is 0.408 e. The van der Waals surface area contributed by atoms with Gasteiger partial charge in [-0.2, -0.15) is 0 Å². The molecule has 7 nitrogen and oxygen atoms in total. The lowest BCUT2D eigenvalue weighted by molar-refractivity contribution is -0.234. The van der Waals surface area contributed by atoms with Crippen molar-refractivity contribution in [2.24, 2.45) is 0 Å². The number of nitrogens with one attached hydrogen (secondary N) is 1.